The minimum atomic E-state index is -1.03. The Kier molecular flexibility index (Phi) is 6.72. The number of carbonyl (C=O) groups excluding carboxylic acids is 3. The molecule has 11 heteroatoms. The Balaban J connectivity index is 1.61. The van der Waals surface area contributed by atoms with Crippen LogP contribution in [0.4, 0.5) is 20.6 Å². The van der Waals surface area contributed by atoms with Gasteiger partial charge in [-0.3, -0.25) is 25.0 Å². The first-order valence-corrected chi connectivity index (χ1v) is 10.5. The van der Waals surface area contributed by atoms with Gasteiger partial charge in [0.05, 0.1) is 17.7 Å². The van der Waals surface area contributed by atoms with E-state index in [2.05, 4.69) is 5.32 Å². The molecular weight excluding hydrogens is 473 g/mol. The molecule has 4 rings (SSSR count). The van der Waals surface area contributed by atoms with Gasteiger partial charge in [-0.15, -0.1) is 0 Å². The number of carbonyl (C=O) groups is 3. The highest BCUT2D eigenvalue weighted by Gasteiger charge is 2.37. The molecule has 182 valence electrons. The maximum atomic E-state index is 13.4. The van der Waals surface area contributed by atoms with Crippen molar-refractivity contribution in [2.75, 3.05) is 12.0 Å². The number of hydrogen-bond donors (Lipinski definition) is 1. The number of rotatable bonds is 7. The lowest BCUT2D eigenvalue weighted by atomic mass is 10.1. The predicted molar refractivity (Wildman–Crippen MR) is 126 cm³/mol. The molecule has 1 fully saturated rings. The number of halogens is 1. The third-order valence-electron chi connectivity index (χ3n) is 5.18. The van der Waals surface area contributed by atoms with Crippen molar-refractivity contribution in [1.29, 1.82) is 0 Å². The van der Waals surface area contributed by atoms with E-state index < -0.39 is 28.6 Å². The molecule has 1 aliphatic rings. The minimum Gasteiger partial charge on any atom is -0.493 e. The van der Waals surface area contributed by atoms with Gasteiger partial charge in [-0.2, -0.15) is 0 Å². The molecule has 3 aromatic carbocycles. The van der Waals surface area contributed by atoms with Gasteiger partial charge in [0.2, 0.25) is 0 Å². The summed E-state index contributed by atoms with van der Waals surface area (Å²) in [6, 6.07) is 14.5. The normalized spacial score (nSPS) is 14.6. The zero-order valence-electron chi connectivity index (χ0n) is 18.8. The lowest BCUT2D eigenvalue weighted by molar-refractivity contribution is -0.384. The number of nitrogens with one attached hydrogen (secondary N) is 1. The average Bonchev–Trinajstić information content (AvgIpc) is 2.85. The van der Waals surface area contributed by atoms with Gasteiger partial charge >= 0.3 is 6.03 Å². The van der Waals surface area contributed by atoms with Crippen LogP contribution in [0.15, 0.2) is 72.3 Å². The summed E-state index contributed by atoms with van der Waals surface area (Å²) in [7, 11) is 1.41. The van der Waals surface area contributed by atoms with Gasteiger partial charge in [0.1, 0.15) is 18.0 Å². The molecule has 3 aromatic rings. The number of nitro groups is 1. The van der Waals surface area contributed by atoms with Gasteiger partial charge in [-0.25, -0.2) is 14.1 Å². The maximum Gasteiger partial charge on any atom is 0.335 e. The van der Waals surface area contributed by atoms with E-state index in [1.165, 1.54) is 49.6 Å². The average molecular weight is 491 g/mol. The van der Waals surface area contributed by atoms with Crippen molar-refractivity contribution in [1.82, 2.24) is 5.32 Å². The standard InChI is InChI=1S/C25H18FN3O7/c1-35-22-12-15(8-9-21(22)36-14-16-4-2-5-17(26)10-16)11-20-23(30)27-25(32)28(24(20)31)18-6-3-7-19(13-18)29(33)34/h2-13H,14H2,1H3,(H,27,30,32)/b20-11+. The molecule has 0 unspecified atom stereocenters. The first kappa shape index (κ1) is 24.1. The second-order valence-electron chi connectivity index (χ2n) is 7.56. The fourth-order valence-corrected chi connectivity index (χ4v) is 3.49. The van der Waals surface area contributed by atoms with Crippen LogP contribution in [-0.4, -0.2) is 29.9 Å². The number of methoxy groups -OCH3 is 1. The summed E-state index contributed by atoms with van der Waals surface area (Å²) >= 11 is 0. The van der Waals surface area contributed by atoms with Crippen LogP contribution in [0, 0.1) is 15.9 Å². The monoisotopic (exact) mass is 491 g/mol. The minimum absolute atomic E-state index is 0.0659. The van der Waals surface area contributed by atoms with Crippen LogP contribution in [0.3, 0.4) is 0 Å². The number of barbiturate groups is 1. The lowest BCUT2D eigenvalue weighted by Gasteiger charge is -2.26. The van der Waals surface area contributed by atoms with E-state index in [1.807, 2.05) is 0 Å². The molecule has 1 saturated heterocycles. The van der Waals surface area contributed by atoms with Crippen molar-refractivity contribution in [3.8, 4) is 11.5 Å². The molecule has 4 amide bonds. The van der Waals surface area contributed by atoms with Gasteiger partial charge in [0.25, 0.3) is 17.5 Å². The number of benzene rings is 3. The van der Waals surface area contributed by atoms with E-state index >= 15 is 0 Å². The van der Waals surface area contributed by atoms with Gasteiger partial charge in [0, 0.05) is 12.1 Å². The Morgan fingerprint density at radius 1 is 1.03 bits per heavy atom. The van der Waals surface area contributed by atoms with Gasteiger partial charge in [-0.1, -0.05) is 24.3 Å². The number of urea groups is 1. The highest BCUT2D eigenvalue weighted by Crippen LogP contribution is 2.31. The number of nitro benzene ring substituents is 1. The molecule has 1 N–H and O–H groups in total. The van der Waals surface area contributed by atoms with Crippen LogP contribution >= 0.6 is 0 Å². The number of hydrogen-bond acceptors (Lipinski definition) is 7. The van der Waals surface area contributed by atoms with Crippen LogP contribution in [0.25, 0.3) is 6.08 Å². The van der Waals surface area contributed by atoms with Gasteiger partial charge < -0.3 is 9.47 Å². The van der Waals surface area contributed by atoms with Crippen molar-refractivity contribution < 1.29 is 33.2 Å². The van der Waals surface area contributed by atoms with E-state index in [4.69, 9.17) is 9.47 Å². The second kappa shape index (κ2) is 10.1. The van der Waals surface area contributed by atoms with E-state index in [0.29, 0.717) is 21.8 Å². The Morgan fingerprint density at radius 2 is 1.81 bits per heavy atom. The molecule has 0 atom stereocenters. The SMILES string of the molecule is COc1cc(/C=C2\C(=O)NC(=O)N(c3cccc([N+](=O)[O-])c3)C2=O)ccc1OCc1cccc(F)c1. The van der Waals surface area contributed by atoms with Crippen LogP contribution in [-0.2, 0) is 16.2 Å². The van der Waals surface area contributed by atoms with Crippen molar-refractivity contribution in [3.05, 3.63) is 99.4 Å². The summed E-state index contributed by atoms with van der Waals surface area (Å²) in [6.45, 7) is 0.0791. The molecule has 0 aromatic heterocycles. The molecule has 36 heavy (non-hydrogen) atoms. The summed E-state index contributed by atoms with van der Waals surface area (Å²) < 4.78 is 24.4. The summed E-state index contributed by atoms with van der Waals surface area (Å²) in [4.78, 5) is 48.9. The predicted octanol–water partition coefficient (Wildman–Crippen LogP) is 3.99. The summed E-state index contributed by atoms with van der Waals surface area (Å²) in [5.74, 6) is -1.63. The molecule has 0 spiro atoms. The highest BCUT2D eigenvalue weighted by atomic mass is 19.1. The Labute approximate surface area is 203 Å². The lowest BCUT2D eigenvalue weighted by Crippen LogP contribution is -2.54. The number of ether oxygens (including phenoxy) is 2. The fourth-order valence-electron chi connectivity index (χ4n) is 3.49. The number of imide groups is 2. The van der Waals surface area contributed by atoms with E-state index in [9.17, 15) is 28.9 Å². The fraction of sp³-hybridized carbons (Fsp3) is 0.0800. The summed E-state index contributed by atoms with van der Waals surface area (Å²) in [6.07, 6.45) is 1.26. The molecule has 0 bridgehead atoms. The van der Waals surface area contributed by atoms with Crippen LogP contribution in [0.2, 0.25) is 0 Å². The van der Waals surface area contributed by atoms with E-state index in [0.717, 1.165) is 6.07 Å². The zero-order chi connectivity index (χ0) is 25.8. The highest BCUT2D eigenvalue weighted by molar-refractivity contribution is 6.39. The van der Waals surface area contributed by atoms with Crippen molar-refractivity contribution >= 4 is 35.3 Å². The number of nitrogens with zero attached hydrogens (tertiary/aromatic N) is 2. The third kappa shape index (κ3) is 5.04. The number of anilines is 1. The van der Waals surface area contributed by atoms with Gasteiger partial charge in [0.15, 0.2) is 11.5 Å². The van der Waals surface area contributed by atoms with Crippen molar-refractivity contribution in [2.45, 2.75) is 6.61 Å². The quantitative estimate of drug-likeness (QED) is 0.229. The summed E-state index contributed by atoms with van der Waals surface area (Å²) in [5, 5.41) is 13.1. The third-order valence-corrected chi connectivity index (χ3v) is 5.18. The van der Waals surface area contributed by atoms with Crippen molar-refractivity contribution in [3.63, 3.8) is 0 Å². The molecule has 0 saturated carbocycles. The first-order chi connectivity index (χ1) is 17.3. The Morgan fingerprint density at radius 3 is 2.53 bits per heavy atom. The molecule has 1 heterocycles. The molecule has 0 radical (unpaired) electrons. The topological polar surface area (TPSA) is 128 Å². The van der Waals surface area contributed by atoms with Crippen LogP contribution < -0.4 is 19.7 Å². The summed E-state index contributed by atoms with van der Waals surface area (Å²) in [5.41, 5.74) is 0.241. The molecule has 1 aliphatic heterocycles. The van der Waals surface area contributed by atoms with Crippen LogP contribution in [0.1, 0.15) is 11.1 Å². The largest absolute Gasteiger partial charge is 0.493 e. The molecular formula is C25H18FN3O7. The molecule has 10 nitrogen and oxygen atoms in total. The van der Waals surface area contributed by atoms with E-state index in [-0.39, 0.29) is 29.3 Å². The Hall–Kier alpha value is -5.06. The van der Waals surface area contributed by atoms with E-state index in [1.54, 1.807) is 24.3 Å². The second-order valence-corrected chi connectivity index (χ2v) is 7.56. The maximum absolute atomic E-state index is 13.4. The number of amides is 4. The van der Waals surface area contributed by atoms with Gasteiger partial charge in [-0.05, 0) is 47.5 Å². The smallest absolute Gasteiger partial charge is 0.335 e. The Bertz CT molecular complexity index is 1420. The number of non-ortho nitro benzene ring substituents is 1. The molecule has 0 aliphatic carbocycles. The first-order valence-electron chi connectivity index (χ1n) is 10.5. The van der Waals surface area contributed by atoms with Crippen LogP contribution in [0.5, 0.6) is 11.5 Å². The zero-order valence-corrected chi connectivity index (χ0v) is 18.8. The van der Waals surface area contributed by atoms with Crippen molar-refractivity contribution in [2.24, 2.45) is 0 Å².